The third kappa shape index (κ3) is 3.22. The van der Waals surface area contributed by atoms with Gasteiger partial charge in [-0.2, -0.15) is 0 Å². The molecule has 1 heterocycles. The average molecular weight is 321 g/mol. The van der Waals surface area contributed by atoms with Gasteiger partial charge in [0.15, 0.2) is 5.78 Å². The highest BCUT2D eigenvalue weighted by Crippen LogP contribution is 2.22. The molecule has 0 aliphatic carbocycles. The van der Waals surface area contributed by atoms with Crippen LogP contribution in [0.3, 0.4) is 0 Å². The minimum absolute atomic E-state index is 0.0395. The monoisotopic (exact) mass is 321 g/mol. The molecule has 0 saturated carbocycles. The lowest BCUT2D eigenvalue weighted by Crippen LogP contribution is -2.35. The van der Waals surface area contributed by atoms with E-state index in [1.807, 2.05) is 12.1 Å². The number of aromatic amines is 1. The zero-order valence-corrected chi connectivity index (χ0v) is 12.9. The number of rotatable bonds is 5. The second kappa shape index (κ2) is 6.52. The number of ether oxygens (including phenoxy) is 1. The Morgan fingerprint density at radius 1 is 1.32 bits per heavy atom. The summed E-state index contributed by atoms with van der Waals surface area (Å²) < 4.78 is 6.08. The third-order valence-corrected chi connectivity index (χ3v) is 4.09. The van der Waals surface area contributed by atoms with E-state index in [1.54, 1.807) is 19.2 Å². The molecule has 8 heteroatoms. The molecule has 0 aliphatic rings. The number of aromatic nitrogens is 2. The van der Waals surface area contributed by atoms with Crippen LogP contribution in [0.15, 0.2) is 38.8 Å². The van der Waals surface area contributed by atoms with E-state index < -0.39 is 17.0 Å². The van der Waals surface area contributed by atoms with Crippen LogP contribution in [0, 0.1) is 0 Å². The predicted octanol–water partition coefficient (Wildman–Crippen LogP) is 0.639. The smallest absolute Gasteiger partial charge is 0.329 e. The van der Waals surface area contributed by atoms with Crippen LogP contribution in [0.1, 0.15) is 10.4 Å². The number of hydrogen-bond acceptors (Lipinski definition) is 6. The number of nitrogen functional groups attached to an aromatic ring is 1. The quantitative estimate of drug-likeness (QED) is 0.618. The molecule has 0 unspecified atom stereocenters. The van der Waals surface area contributed by atoms with Gasteiger partial charge in [0.2, 0.25) is 0 Å². The number of carbonyl (C=O) groups is 1. The Hall–Kier alpha value is -2.48. The van der Waals surface area contributed by atoms with Gasteiger partial charge in [0.1, 0.15) is 17.1 Å². The fourth-order valence-electron chi connectivity index (χ4n) is 1.80. The number of methoxy groups -OCH3 is 1. The minimum atomic E-state index is -0.763. The van der Waals surface area contributed by atoms with Gasteiger partial charge >= 0.3 is 5.69 Å². The lowest BCUT2D eigenvalue weighted by Gasteiger charge is -2.07. The Bertz CT molecular complexity index is 808. The Morgan fingerprint density at radius 2 is 1.95 bits per heavy atom. The Balaban J connectivity index is 2.17. The molecular weight excluding hydrogens is 306 g/mol. The largest absolute Gasteiger partial charge is 0.497 e. The molecule has 2 aromatic rings. The molecule has 3 N–H and O–H groups in total. The zero-order chi connectivity index (χ0) is 16.3. The third-order valence-electron chi connectivity index (χ3n) is 3.08. The minimum Gasteiger partial charge on any atom is -0.497 e. The van der Waals surface area contributed by atoms with Crippen LogP contribution < -0.4 is 21.7 Å². The number of H-pyrrole nitrogens is 1. The number of ketones is 1. The zero-order valence-electron chi connectivity index (χ0n) is 12.1. The lowest BCUT2D eigenvalue weighted by molar-refractivity contribution is 0.102. The molecular formula is C14H15N3O4S. The SMILES string of the molecule is COc1ccc(SCC(=O)c2c(N)n(C)c(=O)[nH]c2=O)cc1. The van der Waals surface area contributed by atoms with Gasteiger partial charge in [0.25, 0.3) is 5.56 Å². The van der Waals surface area contributed by atoms with E-state index in [4.69, 9.17) is 10.5 Å². The molecule has 1 aromatic heterocycles. The molecule has 22 heavy (non-hydrogen) atoms. The van der Waals surface area contributed by atoms with E-state index in [9.17, 15) is 14.4 Å². The van der Waals surface area contributed by atoms with Crippen molar-refractivity contribution in [2.24, 2.45) is 7.05 Å². The van der Waals surface area contributed by atoms with E-state index in [1.165, 1.54) is 18.8 Å². The summed E-state index contributed by atoms with van der Waals surface area (Å²) >= 11 is 1.27. The van der Waals surface area contributed by atoms with Crippen molar-refractivity contribution >= 4 is 23.4 Å². The highest BCUT2D eigenvalue weighted by Gasteiger charge is 2.18. The average Bonchev–Trinajstić information content (AvgIpc) is 2.51. The van der Waals surface area contributed by atoms with Crippen molar-refractivity contribution in [3.63, 3.8) is 0 Å². The van der Waals surface area contributed by atoms with Gasteiger partial charge in [0.05, 0.1) is 12.9 Å². The van der Waals surface area contributed by atoms with Gasteiger partial charge in [-0.05, 0) is 24.3 Å². The van der Waals surface area contributed by atoms with Gasteiger partial charge < -0.3 is 10.5 Å². The molecule has 0 fully saturated rings. The summed E-state index contributed by atoms with van der Waals surface area (Å²) in [6.45, 7) is 0. The highest BCUT2D eigenvalue weighted by atomic mass is 32.2. The van der Waals surface area contributed by atoms with Crippen molar-refractivity contribution in [3.8, 4) is 5.75 Å². The van der Waals surface area contributed by atoms with Gasteiger partial charge in [-0.3, -0.25) is 19.1 Å². The number of nitrogens with two attached hydrogens (primary N) is 1. The molecule has 0 amide bonds. The number of hydrogen-bond donors (Lipinski definition) is 2. The first-order valence-electron chi connectivity index (χ1n) is 6.33. The standard InChI is InChI=1S/C14H15N3O4S/c1-17-12(15)11(13(19)16-14(17)20)10(18)7-22-9-5-3-8(21-2)4-6-9/h3-6H,7,15H2,1-2H3,(H,16,19,20). The van der Waals surface area contributed by atoms with Crippen molar-refractivity contribution in [1.82, 2.24) is 9.55 Å². The molecule has 7 nitrogen and oxygen atoms in total. The van der Waals surface area contributed by atoms with Crippen LogP contribution in [0.5, 0.6) is 5.75 Å². The number of anilines is 1. The summed E-state index contributed by atoms with van der Waals surface area (Å²) in [7, 11) is 2.96. The Morgan fingerprint density at radius 3 is 2.55 bits per heavy atom. The molecule has 116 valence electrons. The van der Waals surface area contributed by atoms with E-state index in [-0.39, 0.29) is 17.1 Å². The van der Waals surface area contributed by atoms with Crippen LogP contribution >= 0.6 is 11.8 Å². The molecule has 0 atom stereocenters. The highest BCUT2D eigenvalue weighted by molar-refractivity contribution is 8.00. The summed E-state index contributed by atoms with van der Waals surface area (Å²) in [5.74, 6) is 0.191. The number of nitrogens with one attached hydrogen (secondary N) is 1. The van der Waals surface area contributed by atoms with Gasteiger partial charge in [-0.1, -0.05) is 0 Å². The summed E-state index contributed by atoms with van der Waals surface area (Å²) in [6.07, 6.45) is 0. The summed E-state index contributed by atoms with van der Waals surface area (Å²) in [5.41, 5.74) is 4.08. The second-order valence-electron chi connectivity index (χ2n) is 4.47. The number of thioether (sulfide) groups is 1. The first kappa shape index (κ1) is 15.9. The van der Waals surface area contributed by atoms with E-state index in [0.29, 0.717) is 0 Å². The van der Waals surface area contributed by atoms with Crippen molar-refractivity contribution in [3.05, 3.63) is 50.7 Å². The van der Waals surface area contributed by atoms with Crippen LogP contribution in [0.2, 0.25) is 0 Å². The van der Waals surface area contributed by atoms with Gasteiger partial charge in [-0.25, -0.2) is 4.79 Å². The topological polar surface area (TPSA) is 107 Å². The predicted molar refractivity (Wildman–Crippen MR) is 84.8 cm³/mol. The Kier molecular flexibility index (Phi) is 4.71. The number of Topliss-reactive ketones (excluding diaryl/α,β-unsaturated/α-hetero) is 1. The molecule has 2 rings (SSSR count). The van der Waals surface area contributed by atoms with Crippen molar-refractivity contribution in [2.45, 2.75) is 4.90 Å². The molecule has 0 radical (unpaired) electrons. The summed E-state index contributed by atoms with van der Waals surface area (Å²) in [6, 6.07) is 7.18. The van der Waals surface area contributed by atoms with Crippen LogP contribution in [0.4, 0.5) is 5.82 Å². The normalized spacial score (nSPS) is 10.5. The van der Waals surface area contributed by atoms with E-state index >= 15 is 0 Å². The van der Waals surface area contributed by atoms with Crippen LogP contribution in [-0.2, 0) is 7.05 Å². The molecule has 1 aromatic carbocycles. The summed E-state index contributed by atoms with van der Waals surface area (Å²) in [4.78, 5) is 38.2. The van der Waals surface area contributed by atoms with Crippen molar-refractivity contribution in [2.75, 3.05) is 18.6 Å². The number of nitrogens with zero attached hydrogens (tertiary/aromatic N) is 1. The second-order valence-corrected chi connectivity index (χ2v) is 5.51. The summed E-state index contributed by atoms with van der Waals surface area (Å²) in [5, 5.41) is 0. The van der Waals surface area contributed by atoms with Gasteiger partial charge in [0, 0.05) is 11.9 Å². The van der Waals surface area contributed by atoms with E-state index in [2.05, 4.69) is 4.98 Å². The van der Waals surface area contributed by atoms with Gasteiger partial charge in [-0.15, -0.1) is 11.8 Å². The van der Waals surface area contributed by atoms with E-state index in [0.717, 1.165) is 15.2 Å². The first-order chi connectivity index (χ1) is 10.4. The number of carbonyl (C=O) groups excluding carboxylic acids is 1. The molecule has 0 spiro atoms. The number of benzene rings is 1. The maximum absolute atomic E-state index is 12.2. The maximum Gasteiger partial charge on any atom is 0.329 e. The Labute approximate surface area is 130 Å². The molecule has 0 aliphatic heterocycles. The lowest BCUT2D eigenvalue weighted by atomic mass is 10.2. The fraction of sp³-hybridized carbons (Fsp3) is 0.214. The molecule has 0 bridgehead atoms. The fourth-order valence-corrected chi connectivity index (χ4v) is 2.57. The van der Waals surface area contributed by atoms with Crippen molar-refractivity contribution < 1.29 is 9.53 Å². The first-order valence-corrected chi connectivity index (χ1v) is 7.31. The van der Waals surface area contributed by atoms with Crippen LogP contribution in [-0.4, -0.2) is 28.2 Å². The maximum atomic E-state index is 12.2. The van der Waals surface area contributed by atoms with Crippen molar-refractivity contribution in [1.29, 1.82) is 0 Å². The van der Waals surface area contributed by atoms with Crippen LogP contribution in [0.25, 0.3) is 0 Å². The molecule has 0 saturated heterocycles.